The molecule has 0 saturated carbocycles. The van der Waals surface area contributed by atoms with Crippen molar-refractivity contribution in [2.24, 2.45) is 0 Å². The van der Waals surface area contributed by atoms with Gasteiger partial charge in [-0.2, -0.15) is 0 Å². The molecule has 1 saturated heterocycles. The molecule has 31 heavy (non-hydrogen) atoms. The molecule has 6 N–H and O–H groups in total. The standard InChI is InChI=1S/C21H18O10/c22-9-6-11(8-4-2-1-3-5-8)30-12-7-10(23)14(15(24)13(9)12)19-17(26)16(25)18(27)20(31-19)21(28)29/h1-7,16-20,23-27H,(H,28,29)/t16-,17-,18+,19+,20+/m1/s1. The lowest BCUT2D eigenvalue weighted by atomic mass is 9.89. The van der Waals surface area contributed by atoms with Crippen LogP contribution in [0.25, 0.3) is 22.3 Å². The van der Waals surface area contributed by atoms with E-state index in [0.717, 1.165) is 12.1 Å². The lowest BCUT2D eigenvalue weighted by molar-refractivity contribution is -0.230. The molecule has 1 aromatic heterocycles. The third kappa shape index (κ3) is 3.41. The first kappa shape index (κ1) is 20.8. The molecule has 1 fully saturated rings. The number of aliphatic hydroxyl groups is 3. The summed E-state index contributed by atoms with van der Waals surface area (Å²) in [5, 5.41) is 60.2. The molecule has 0 radical (unpaired) electrons. The van der Waals surface area contributed by atoms with E-state index in [-0.39, 0.29) is 16.7 Å². The number of carbonyl (C=O) groups is 1. The predicted molar refractivity (Wildman–Crippen MR) is 105 cm³/mol. The fourth-order valence-electron chi connectivity index (χ4n) is 3.65. The highest BCUT2D eigenvalue weighted by Gasteiger charge is 2.49. The first-order valence-electron chi connectivity index (χ1n) is 9.21. The van der Waals surface area contributed by atoms with Crippen LogP contribution >= 0.6 is 0 Å². The minimum Gasteiger partial charge on any atom is -0.507 e. The average Bonchev–Trinajstić information content (AvgIpc) is 2.73. The molecule has 0 amide bonds. The largest absolute Gasteiger partial charge is 0.507 e. The minimum absolute atomic E-state index is 0.161. The molecule has 10 nitrogen and oxygen atoms in total. The molecule has 2 aromatic carbocycles. The van der Waals surface area contributed by atoms with Gasteiger partial charge in [0.2, 0.25) is 0 Å². The number of carboxylic acid groups (broad SMARTS) is 1. The number of rotatable bonds is 3. The third-order valence-electron chi connectivity index (χ3n) is 5.21. The number of ether oxygens (including phenoxy) is 1. The van der Waals surface area contributed by atoms with Crippen molar-refractivity contribution in [2.75, 3.05) is 0 Å². The quantitative estimate of drug-likeness (QED) is 0.342. The Bertz CT molecular complexity index is 1200. The maximum Gasteiger partial charge on any atom is 0.335 e. The summed E-state index contributed by atoms with van der Waals surface area (Å²) in [7, 11) is 0. The number of hydrogen-bond acceptors (Lipinski definition) is 9. The topological polar surface area (TPSA) is 178 Å². The second kappa shape index (κ2) is 7.67. The van der Waals surface area contributed by atoms with Gasteiger partial charge in [0.1, 0.15) is 52.6 Å². The number of fused-ring (bicyclic) bond motifs is 1. The van der Waals surface area contributed by atoms with Gasteiger partial charge in [-0.1, -0.05) is 30.3 Å². The Morgan fingerprint density at radius 1 is 0.935 bits per heavy atom. The summed E-state index contributed by atoms with van der Waals surface area (Å²) in [6.07, 6.45) is -9.51. The zero-order valence-electron chi connectivity index (χ0n) is 15.7. The van der Waals surface area contributed by atoms with E-state index in [9.17, 15) is 40.2 Å². The van der Waals surface area contributed by atoms with Crippen LogP contribution in [0.2, 0.25) is 0 Å². The highest BCUT2D eigenvalue weighted by molar-refractivity contribution is 5.88. The van der Waals surface area contributed by atoms with Gasteiger partial charge in [-0.3, -0.25) is 4.79 Å². The van der Waals surface area contributed by atoms with Crippen LogP contribution in [-0.4, -0.2) is 61.0 Å². The van der Waals surface area contributed by atoms with E-state index in [1.54, 1.807) is 30.3 Å². The molecule has 2 heterocycles. The van der Waals surface area contributed by atoms with Crippen LogP contribution in [0.5, 0.6) is 11.5 Å². The third-order valence-corrected chi connectivity index (χ3v) is 5.21. The van der Waals surface area contributed by atoms with Crippen molar-refractivity contribution in [3.05, 3.63) is 58.3 Å². The molecular weight excluding hydrogens is 412 g/mol. The molecule has 10 heteroatoms. The van der Waals surface area contributed by atoms with E-state index in [1.807, 2.05) is 0 Å². The molecule has 4 rings (SSSR count). The Hall–Kier alpha value is -3.44. The molecule has 3 aromatic rings. The molecule has 162 valence electrons. The lowest BCUT2D eigenvalue weighted by Gasteiger charge is -2.39. The second-order valence-electron chi connectivity index (χ2n) is 7.16. The maximum atomic E-state index is 12.7. The normalized spacial score (nSPS) is 26.1. The number of hydrogen-bond donors (Lipinski definition) is 6. The summed E-state index contributed by atoms with van der Waals surface area (Å²) in [4.78, 5) is 24.1. The Morgan fingerprint density at radius 3 is 2.26 bits per heavy atom. The Balaban J connectivity index is 1.87. The number of phenols is 2. The van der Waals surface area contributed by atoms with E-state index >= 15 is 0 Å². The fourth-order valence-corrected chi connectivity index (χ4v) is 3.65. The van der Waals surface area contributed by atoms with E-state index in [4.69, 9.17) is 9.15 Å². The summed E-state index contributed by atoms with van der Waals surface area (Å²) < 4.78 is 10.8. The van der Waals surface area contributed by atoms with Crippen molar-refractivity contribution in [1.82, 2.24) is 0 Å². The maximum absolute atomic E-state index is 12.7. The second-order valence-corrected chi connectivity index (χ2v) is 7.16. The number of aromatic hydroxyl groups is 2. The highest BCUT2D eigenvalue weighted by atomic mass is 16.6. The molecule has 0 unspecified atom stereocenters. The van der Waals surface area contributed by atoms with Gasteiger partial charge in [-0.05, 0) is 0 Å². The Morgan fingerprint density at radius 2 is 1.61 bits per heavy atom. The monoisotopic (exact) mass is 430 g/mol. The van der Waals surface area contributed by atoms with Crippen LogP contribution in [0.15, 0.2) is 51.7 Å². The number of phenolic OH excluding ortho intramolecular Hbond substituents is 2. The van der Waals surface area contributed by atoms with Crippen molar-refractivity contribution in [2.45, 2.75) is 30.5 Å². The zero-order valence-corrected chi connectivity index (χ0v) is 15.7. The van der Waals surface area contributed by atoms with Gasteiger partial charge in [0.05, 0.1) is 5.56 Å². The van der Waals surface area contributed by atoms with Crippen LogP contribution in [0.1, 0.15) is 11.7 Å². The van der Waals surface area contributed by atoms with E-state index in [2.05, 4.69) is 0 Å². The number of carboxylic acids is 1. The van der Waals surface area contributed by atoms with Gasteiger partial charge < -0.3 is 39.8 Å². The van der Waals surface area contributed by atoms with E-state index in [0.29, 0.717) is 5.56 Å². The van der Waals surface area contributed by atoms with Crippen molar-refractivity contribution in [3.63, 3.8) is 0 Å². The summed E-state index contributed by atoms with van der Waals surface area (Å²) >= 11 is 0. The van der Waals surface area contributed by atoms with Gasteiger partial charge in [-0.15, -0.1) is 0 Å². The minimum atomic E-state index is -1.95. The summed E-state index contributed by atoms with van der Waals surface area (Å²) in [6, 6.07) is 10.8. The van der Waals surface area contributed by atoms with E-state index in [1.165, 1.54) is 0 Å². The SMILES string of the molecule is O=C(O)[C@H]1O[C@@H](c2c(O)cc3oc(-c4ccccc4)cc(=O)c3c2O)[C@H](O)[C@@H](O)[C@@H]1O. The molecule has 1 aliphatic heterocycles. The first-order chi connectivity index (χ1) is 14.7. The van der Waals surface area contributed by atoms with Crippen LogP contribution in [0.4, 0.5) is 0 Å². The van der Waals surface area contributed by atoms with Crippen LogP contribution < -0.4 is 5.43 Å². The molecule has 1 aliphatic rings. The van der Waals surface area contributed by atoms with Crippen LogP contribution in [0, 0.1) is 0 Å². The van der Waals surface area contributed by atoms with Crippen LogP contribution in [-0.2, 0) is 9.53 Å². The smallest absolute Gasteiger partial charge is 0.335 e. The molecule has 5 atom stereocenters. The van der Waals surface area contributed by atoms with Crippen molar-refractivity contribution in [3.8, 4) is 22.8 Å². The van der Waals surface area contributed by atoms with Gasteiger partial charge in [0.25, 0.3) is 0 Å². The van der Waals surface area contributed by atoms with Gasteiger partial charge in [-0.25, -0.2) is 4.79 Å². The average molecular weight is 430 g/mol. The Labute approximate surface area is 173 Å². The predicted octanol–water partition coefficient (Wildman–Crippen LogP) is 0.478. The fraction of sp³-hybridized carbons (Fsp3) is 0.238. The van der Waals surface area contributed by atoms with Gasteiger partial charge >= 0.3 is 5.97 Å². The molecule has 0 spiro atoms. The summed E-state index contributed by atoms with van der Waals surface area (Å²) in [5.41, 5.74) is -0.765. The van der Waals surface area contributed by atoms with Crippen molar-refractivity contribution < 1.29 is 44.6 Å². The molecular formula is C21H18O10. The van der Waals surface area contributed by atoms with Gasteiger partial charge in [0.15, 0.2) is 11.5 Å². The highest BCUT2D eigenvalue weighted by Crippen LogP contribution is 2.44. The summed E-state index contributed by atoms with van der Waals surface area (Å²) in [6.45, 7) is 0. The first-order valence-corrected chi connectivity index (χ1v) is 9.21. The Kier molecular flexibility index (Phi) is 5.15. The molecule has 0 aliphatic carbocycles. The molecule has 0 bridgehead atoms. The van der Waals surface area contributed by atoms with Crippen LogP contribution in [0.3, 0.4) is 0 Å². The van der Waals surface area contributed by atoms with E-state index < -0.39 is 59.0 Å². The van der Waals surface area contributed by atoms with Gasteiger partial charge in [0, 0.05) is 17.7 Å². The number of aliphatic hydroxyl groups excluding tert-OH is 3. The van der Waals surface area contributed by atoms with Crippen molar-refractivity contribution >= 4 is 16.9 Å². The summed E-state index contributed by atoms with van der Waals surface area (Å²) in [5.74, 6) is -2.92. The van der Waals surface area contributed by atoms with Crippen molar-refractivity contribution in [1.29, 1.82) is 0 Å². The number of aliphatic carboxylic acids is 1. The zero-order chi connectivity index (χ0) is 22.4. The lowest BCUT2D eigenvalue weighted by Crippen LogP contribution is -2.56. The number of benzene rings is 2.